The third kappa shape index (κ3) is 3.07. The standard InChI is InChI=1S/C14H10ClN5S/c15-12-5-3-11(4-6-12)13-18-19-14(21)20(13)17-9-10-2-1-7-16-8-10/h1-9H,(H,19,21)/b17-9+. The molecule has 0 atom stereocenters. The predicted octanol–water partition coefficient (Wildman–Crippen LogP) is 3.54. The van der Waals surface area contributed by atoms with Gasteiger partial charge in [-0.15, -0.1) is 0 Å². The van der Waals surface area contributed by atoms with Crippen LogP contribution in [0.25, 0.3) is 11.4 Å². The average Bonchev–Trinajstić information content (AvgIpc) is 2.88. The van der Waals surface area contributed by atoms with Gasteiger partial charge in [-0.05, 0) is 42.5 Å². The van der Waals surface area contributed by atoms with E-state index in [0.29, 0.717) is 15.6 Å². The minimum atomic E-state index is 0.417. The lowest BCUT2D eigenvalue weighted by molar-refractivity contribution is 0.871. The van der Waals surface area contributed by atoms with Crippen molar-refractivity contribution in [2.24, 2.45) is 5.10 Å². The first-order valence-electron chi connectivity index (χ1n) is 6.12. The Morgan fingerprint density at radius 2 is 2.05 bits per heavy atom. The third-order valence-electron chi connectivity index (χ3n) is 2.76. The molecule has 0 aliphatic heterocycles. The molecule has 1 N–H and O–H groups in total. The number of aromatic amines is 1. The maximum atomic E-state index is 5.89. The van der Waals surface area contributed by atoms with E-state index in [1.54, 1.807) is 35.4 Å². The van der Waals surface area contributed by atoms with Gasteiger partial charge in [-0.1, -0.05) is 17.7 Å². The van der Waals surface area contributed by atoms with Gasteiger partial charge in [0.05, 0.1) is 6.21 Å². The molecule has 3 aromatic rings. The average molecular weight is 316 g/mol. The van der Waals surface area contributed by atoms with Crippen LogP contribution >= 0.6 is 23.8 Å². The molecule has 3 rings (SSSR count). The summed E-state index contributed by atoms with van der Waals surface area (Å²) in [4.78, 5) is 4.03. The van der Waals surface area contributed by atoms with Crippen molar-refractivity contribution < 1.29 is 0 Å². The summed E-state index contributed by atoms with van der Waals surface area (Å²) in [7, 11) is 0. The first-order valence-corrected chi connectivity index (χ1v) is 6.90. The molecule has 104 valence electrons. The molecule has 0 amide bonds. The van der Waals surface area contributed by atoms with Crippen LogP contribution in [-0.2, 0) is 0 Å². The highest BCUT2D eigenvalue weighted by atomic mass is 35.5. The monoisotopic (exact) mass is 315 g/mol. The SMILES string of the molecule is S=c1[nH]nc(-c2ccc(Cl)cc2)n1/N=C/c1cccnc1. The molecule has 0 spiro atoms. The number of hydrogen-bond acceptors (Lipinski definition) is 4. The molecular weight excluding hydrogens is 306 g/mol. The maximum Gasteiger partial charge on any atom is 0.216 e. The Morgan fingerprint density at radius 3 is 2.76 bits per heavy atom. The van der Waals surface area contributed by atoms with Crippen molar-refractivity contribution in [2.45, 2.75) is 0 Å². The van der Waals surface area contributed by atoms with Crippen LogP contribution in [0.15, 0.2) is 53.9 Å². The minimum Gasteiger partial charge on any atom is -0.264 e. The minimum absolute atomic E-state index is 0.417. The Balaban J connectivity index is 2.00. The first-order chi connectivity index (χ1) is 10.2. The zero-order chi connectivity index (χ0) is 14.7. The van der Waals surface area contributed by atoms with Gasteiger partial charge in [0.25, 0.3) is 0 Å². The Bertz CT molecular complexity index is 821. The van der Waals surface area contributed by atoms with E-state index in [1.807, 2.05) is 24.3 Å². The number of nitrogens with zero attached hydrogens (tertiary/aromatic N) is 4. The van der Waals surface area contributed by atoms with Crippen LogP contribution in [0.5, 0.6) is 0 Å². The van der Waals surface area contributed by atoms with E-state index in [-0.39, 0.29) is 0 Å². The van der Waals surface area contributed by atoms with Crippen LogP contribution in [0.2, 0.25) is 5.02 Å². The maximum absolute atomic E-state index is 5.89. The molecule has 0 saturated carbocycles. The number of rotatable bonds is 3. The Labute approximate surface area is 130 Å². The summed E-state index contributed by atoms with van der Waals surface area (Å²) in [6.45, 7) is 0. The molecule has 21 heavy (non-hydrogen) atoms. The molecule has 1 aromatic carbocycles. The molecular formula is C14H10ClN5S. The largest absolute Gasteiger partial charge is 0.264 e. The van der Waals surface area contributed by atoms with E-state index in [0.717, 1.165) is 11.1 Å². The highest BCUT2D eigenvalue weighted by Crippen LogP contribution is 2.19. The molecule has 0 bridgehead atoms. The number of aromatic nitrogens is 4. The number of halogens is 1. The second kappa shape index (κ2) is 5.99. The highest BCUT2D eigenvalue weighted by molar-refractivity contribution is 7.71. The van der Waals surface area contributed by atoms with Gasteiger partial charge in [-0.2, -0.15) is 14.9 Å². The number of H-pyrrole nitrogens is 1. The molecule has 0 unspecified atom stereocenters. The molecule has 0 aliphatic carbocycles. The normalized spacial score (nSPS) is 11.1. The van der Waals surface area contributed by atoms with Gasteiger partial charge >= 0.3 is 0 Å². The Morgan fingerprint density at radius 1 is 1.24 bits per heavy atom. The molecule has 2 heterocycles. The van der Waals surface area contributed by atoms with Gasteiger partial charge < -0.3 is 0 Å². The van der Waals surface area contributed by atoms with Crippen molar-refractivity contribution in [1.82, 2.24) is 19.9 Å². The summed E-state index contributed by atoms with van der Waals surface area (Å²) in [6.07, 6.45) is 5.10. The third-order valence-corrected chi connectivity index (χ3v) is 3.28. The highest BCUT2D eigenvalue weighted by Gasteiger charge is 2.07. The summed E-state index contributed by atoms with van der Waals surface area (Å²) in [5.74, 6) is 0.622. The van der Waals surface area contributed by atoms with Crippen LogP contribution in [0, 0.1) is 4.77 Å². The van der Waals surface area contributed by atoms with Crippen LogP contribution < -0.4 is 0 Å². The molecule has 5 nitrogen and oxygen atoms in total. The van der Waals surface area contributed by atoms with Crippen LogP contribution in [0.1, 0.15) is 5.56 Å². The molecule has 2 aromatic heterocycles. The number of benzene rings is 1. The molecule has 0 saturated heterocycles. The lowest BCUT2D eigenvalue weighted by atomic mass is 10.2. The van der Waals surface area contributed by atoms with Crippen LogP contribution in [0.3, 0.4) is 0 Å². The summed E-state index contributed by atoms with van der Waals surface area (Å²) < 4.78 is 1.98. The molecule has 0 fully saturated rings. The van der Waals surface area contributed by atoms with E-state index in [9.17, 15) is 0 Å². The number of hydrogen-bond donors (Lipinski definition) is 1. The zero-order valence-corrected chi connectivity index (χ0v) is 12.3. The number of pyridine rings is 1. The van der Waals surface area contributed by atoms with E-state index >= 15 is 0 Å². The van der Waals surface area contributed by atoms with Crippen LogP contribution in [-0.4, -0.2) is 26.1 Å². The second-order valence-electron chi connectivity index (χ2n) is 4.20. The second-order valence-corrected chi connectivity index (χ2v) is 5.03. The van der Waals surface area contributed by atoms with Gasteiger partial charge in [-0.25, -0.2) is 5.10 Å². The van der Waals surface area contributed by atoms with E-state index in [4.69, 9.17) is 23.8 Å². The van der Waals surface area contributed by atoms with E-state index in [2.05, 4.69) is 20.3 Å². The van der Waals surface area contributed by atoms with Crippen molar-refractivity contribution >= 4 is 30.0 Å². The van der Waals surface area contributed by atoms with E-state index in [1.165, 1.54) is 0 Å². The van der Waals surface area contributed by atoms with Gasteiger partial charge in [-0.3, -0.25) is 4.98 Å². The van der Waals surface area contributed by atoms with Gasteiger partial charge in [0.15, 0.2) is 5.82 Å². The van der Waals surface area contributed by atoms with Gasteiger partial charge in [0.1, 0.15) is 0 Å². The topological polar surface area (TPSA) is 58.9 Å². The fourth-order valence-electron chi connectivity index (χ4n) is 1.76. The Kier molecular flexibility index (Phi) is 3.89. The van der Waals surface area contributed by atoms with Crippen molar-refractivity contribution in [3.63, 3.8) is 0 Å². The quantitative estimate of drug-likeness (QED) is 0.594. The smallest absolute Gasteiger partial charge is 0.216 e. The van der Waals surface area contributed by atoms with Gasteiger partial charge in [0.2, 0.25) is 4.77 Å². The molecule has 0 aliphatic rings. The zero-order valence-electron chi connectivity index (χ0n) is 10.8. The van der Waals surface area contributed by atoms with Gasteiger partial charge in [0, 0.05) is 28.5 Å². The fraction of sp³-hybridized carbons (Fsp3) is 0. The fourth-order valence-corrected chi connectivity index (χ4v) is 2.07. The summed E-state index contributed by atoms with van der Waals surface area (Å²) in [6, 6.07) is 11.1. The lowest BCUT2D eigenvalue weighted by Crippen LogP contribution is -1.95. The van der Waals surface area contributed by atoms with E-state index < -0.39 is 0 Å². The van der Waals surface area contributed by atoms with Crippen molar-refractivity contribution in [3.05, 3.63) is 64.1 Å². The predicted molar refractivity (Wildman–Crippen MR) is 85.1 cm³/mol. The van der Waals surface area contributed by atoms with Crippen molar-refractivity contribution in [1.29, 1.82) is 0 Å². The van der Waals surface area contributed by atoms with Crippen LogP contribution in [0.4, 0.5) is 0 Å². The lowest BCUT2D eigenvalue weighted by Gasteiger charge is -2.01. The first kappa shape index (κ1) is 13.7. The summed E-state index contributed by atoms with van der Waals surface area (Å²) in [5, 5.41) is 12.0. The van der Waals surface area contributed by atoms with Crippen molar-refractivity contribution in [2.75, 3.05) is 0 Å². The summed E-state index contributed by atoms with van der Waals surface area (Å²) >= 11 is 11.1. The Hall–Kier alpha value is -2.31. The number of nitrogens with one attached hydrogen (secondary N) is 1. The van der Waals surface area contributed by atoms with Crippen molar-refractivity contribution in [3.8, 4) is 11.4 Å². The molecule has 7 heteroatoms. The summed E-state index contributed by atoms with van der Waals surface area (Å²) in [5.41, 5.74) is 1.75. The molecule has 0 radical (unpaired) electrons.